The smallest absolute Gasteiger partial charge is 0.222 e. The van der Waals surface area contributed by atoms with Crippen LogP contribution in [0.2, 0.25) is 0 Å². The molecule has 1 amide bonds. The fraction of sp³-hybridized carbons (Fsp3) is 0.938. The van der Waals surface area contributed by atoms with E-state index in [1.54, 1.807) is 0 Å². The van der Waals surface area contributed by atoms with Gasteiger partial charge in [0, 0.05) is 19.0 Å². The van der Waals surface area contributed by atoms with E-state index in [0.717, 1.165) is 32.4 Å². The maximum atomic E-state index is 12.3. The van der Waals surface area contributed by atoms with Crippen LogP contribution >= 0.6 is 0 Å². The number of nitrogens with zero attached hydrogens (tertiary/aromatic N) is 1. The molecule has 0 spiro atoms. The van der Waals surface area contributed by atoms with Crippen molar-refractivity contribution in [3.63, 3.8) is 0 Å². The van der Waals surface area contributed by atoms with Gasteiger partial charge in [-0.05, 0) is 50.0 Å². The molecule has 1 saturated heterocycles. The Hall–Kier alpha value is -0.570. The molecule has 0 radical (unpaired) electrons. The first-order chi connectivity index (χ1) is 8.90. The minimum Gasteiger partial charge on any atom is -0.340 e. The first-order valence-corrected chi connectivity index (χ1v) is 7.89. The Morgan fingerprint density at radius 1 is 1.37 bits per heavy atom. The van der Waals surface area contributed by atoms with E-state index in [2.05, 4.69) is 32.6 Å². The monoisotopic (exact) mass is 268 g/mol. The summed E-state index contributed by atoms with van der Waals surface area (Å²) in [6.45, 7) is 10.6. The molecule has 2 unspecified atom stereocenters. The predicted octanol–water partition coefficient (Wildman–Crippen LogP) is 3.18. The quantitative estimate of drug-likeness (QED) is 0.804. The molecule has 112 valence electrons. The number of amides is 1. The Bertz CT molecular complexity index is 283. The molecular formula is C16H32N2O. The Balaban J connectivity index is 2.47. The highest BCUT2D eigenvalue weighted by atomic mass is 16.2. The van der Waals surface area contributed by atoms with Gasteiger partial charge in [0.1, 0.15) is 0 Å². The molecule has 19 heavy (non-hydrogen) atoms. The summed E-state index contributed by atoms with van der Waals surface area (Å²) in [4.78, 5) is 14.5. The molecule has 2 N–H and O–H groups in total. The van der Waals surface area contributed by atoms with Crippen molar-refractivity contribution >= 4 is 5.91 Å². The van der Waals surface area contributed by atoms with Gasteiger partial charge in [-0.25, -0.2) is 0 Å². The van der Waals surface area contributed by atoms with E-state index in [1.807, 2.05) is 0 Å². The molecule has 0 bridgehead atoms. The molecular weight excluding hydrogens is 236 g/mol. The molecule has 0 aromatic carbocycles. The SMILES string of the molecule is CCC1CCCN1C(=O)CCC(CCN)C(C)(C)C. The third-order valence-corrected chi connectivity index (χ3v) is 4.62. The van der Waals surface area contributed by atoms with Gasteiger partial charge in [0.05, 0.1) is 0 Å². The van der Waals surface area contributed by atoms with Crippen LogP contribution in [0.3, 0.4) is 0 Å². The molecule has 0 aromatic rings. The van der Waals surface area contributed by atoms with Crippen LogP contribution in [0.15, 0.2) is 0 Å². The van der Waals surface area contributed by atoms with Crippen molar-refractivity contribution in [3.05, 3.63) is 0 Å². The summed E-state index contributed by atoms with van der Waals surface area (Å²) in [6.07, 6.45) is 6.15. The van der Waals surface area contributed by atoms with E-state index in [0.29, 0.717) is 24.3 Å². The molecule has 1 rings (SSSR count). The van der Waals surface area contributed by atoms with Gasteiger partial charge in [-0.3, -0.25) is 4.79 Å². The van der Waals surface area contributed by atoms with E-state index in [9.17, 15) is 4.79 Å². The van der Waals surface area contributed by atoms with Gasteiger partial charge in [0.25, 0.3) is 0 Å². The van der Waals surface area contributed by atoms with Gasteiger partial charge in [-0.1, -0.05) is 27.7 Å². The van der Waals surface area contributed by atoms with Crippen molar-refractivity contribution in [3.8, 4) is 0 Å². The summed E-state index contributed by atoms with van der Waals surface area (Å²) in [6, 6.07) is 0.495. The van der Waals surface area contributed by atoms with E-state index in [1.165, 1.54) is 12.8 Å². The summed E-state index contributed by atoms with van der Waals surface area (Å²) in [5, 5.41) is 0. The number of rotatable bonds is 6. The molecule has 1 aliphatic heterocycles. The normalized spacial score (nSPS) is 21.7. The van der Waals surface area contributed by atoms with E-state index >= 15 is 0 Å². The highest BCUT2D eigenvalue weighted by Gasteiger charge is 2.29. The number of hydrogen-bond acceptors (Lipinski definition) is 2. The lowest BCUT2D eigenvalue weighted by Gasteiger charge is -2.31. The Kier molecular flexibility index (Phi) is 6.31. The molecule has 1 aliphatic rings. The predicted molar refractivity (Wildman–Crippen MR) is 80.9 cm³/mol. The summed E-state index contributed by atoms with van der Waals surface area (Å²) >= 11 is 0. The van der Waals surface area contributed by atoms with Gasteiger partial charge in [0.15, 0.2) is 0 Å². The van der Waals surface area contributed by atoms with Crippen LogP contribution in [0.1, 0.15) is 66.2 Å². The number of hydrogen-bond donors (Lipinski definition) is 1. The average molecular weight is 268 g/mol. The van der Waals surface area contributed by atoms with E-state index in [4.69, 9.17) is 5.73 Å². The first kappa shape index (κ1) is 16.5. The van der Waals surface area contributed by atoms with Crippen LogP contribution in [0.25, 0.3) is 0 Å². The van der Waals surface area contributed by atoms with Crippen molar-refractivity contribution in [2.24, 2.45) is 17.1 Å². The molecule has 3 heteroatoms. The standard InChI is InChI=1S/C16H32N2O/c1-5-14-7-6-12-18(14)15(19)9-8-13(10-11-17)16(2,3)4/h13-14H,5-12,17H2,1-4H3. The minimum atomic E-state index is 0.245. The summed E-state index contributed by atoms with van der Waals surface area (Å²) in [5.41, 5.74) is 5.95. The van der Waals surface area contributed by atoms with Crippen molar-refractivity contribution < 1.29 is 4.79 Å². The minimum absolute atomic E-state index is 0.245. The fourth-order valence-corrected chi connectivity index (χ4v) is 3.24. The van der Waals surface area contributed by atoms with Gasteiger partial charge < -0.3 is 10.6 Å². The average Bonchev–Trinajstić information content (AvgIpc) is 2.80. The zero-order valence-electron chi connectivity index (χ0n) is 13.2. The Morgan fingerprint density at radius 3 is 2.58 bits per heavy atom. The van der Waals surface area contributed by atoms with Gasteiger partial charge in [-0.15, -0.1) is 0 Å². The molecule has 3 nitrogen and oxygen atoms in total. The Morgan fingerprint density at radius 2 is 2.05 bits per heavy atom. The lowest BCUT2D eigenvalue weighted by Crippen LogP contribution is -2.35. The topological polar surface area (TPSA) is 46.3 Å². The van der Waals surface area contributed by atoms with Crippen LogP contribution in [0, 0.1) is 11.3 Å². The van der Waals surface area contributed by atoms with Crippen LogP contribution in [-0.2, 0) is 4.79 Å². The lowest BCUT2D eigenvalue weighted by atomic mass is 9.76. The number of carbonyl (C=O) groups excluding carboxylic acids is 1. The van der Waals surface area contributed by atoms with Gasteiger partial charge in [0.2, 0.25) is 5.91 Å². The van der Waals surface area contributed by atoms with E-state index < -0.39 is 0 Å². The maximum Gasteiger partial charge on any atom is 0.222 e. The van der Waals surface area contributed by atoms with Crippen LogP contribution in [0.4, 0.5) is 0 Å². The zero-order valence-corrected chi connectivity index (χ0v) is 13.2. The molecule has 0 aliphatic carbocycles. The van der Waals surface area contributed by atoms with Crippen LogP contribution < -0.4 is 5.73 Å². The zero-order chi connectivity index (χ0) is 14.5. The molecule has 0 aromatic heterocycles. The van der Waals surface area contributed by atoms with Crippen molar-refractivity contribution in [2.75, 3.05) is 13.1 Å². The second-order valence-electron chi connectivity index (χ2n) is 6.97. The van der Waals surface area contributed by atoms with Crippen molar-refractivity contribution in [2.45, 2.75) is 72.3 Å². The molecule has 1 fully saturated rings. The third-order valence-electron chi connectivity index (χ3n) is 4.62. The highest BCUT2D eigenvalue weighted by molar-refractivity contribution is 5.76. The molecule has 2 atom stereocenters. The fourth-order valence-electron chi connectivity index (χ4n) is 3.24. The van der Waals surface area contributed by atoms with Gasteiger partial charge in [-0.2, -0.15) is 0 Å². The number of nitrogens with two attached hydrogens (primary N) is 1. The van der Waals surface area contributed by atoms with Crippen molar-refractivity contribution in [1.82, 2.24) is 4.90 Å². The molecule has 1 heterocycles. The Labute approximate surface area is 118 Å². The first-order valence-electron chi connectivity index (χ1n) is 7.89. The van der Waals surface area contributed by atoms with Crippen molar-refractivity contribution in [1.29, 1.82) is 0 Å². The lowest BCUT2D eigenvalue weighted by molar-refractivity contribution is -0.132. The number of carbonyl (C=O) groups is 1. The van der Waals surface area contributed by atoms with Crippen LogP contribution in [0.5, 0.6) is 0 Å². The van der Waals surface area contributed by atoms with E-state index in [-0.39, 0.29) is 5.41 Å². The third kappa shape index (κ3) is 4.79. The summed E-state index contributed by atoms with van der Waals surface area (Å²) in [7, 11) is 0. The summed E-state index contributed by atoms with van der Waals surface area (Å²) < 4.78 is 0. The maximum absolute atomic E-state index is 12.3. The second-order valence-corrected chi connectivity index (χ2v) is 6.97. The number of likely N-dealkylation sites (tertiary alicyclic amines) is 1. The largest absolute Gasteiger partial charge is 0.340 e. The molecule has 0 saturated carbocycles. The summed E-state index contributed by atoms with van der Waals surface area (Å²) in [5.74, 6) is 0.903. The van der Waals surface area contributed by atoms with Gasteiger partial charge >= 0.3 is 0 Å². The van der Waals surface area contributed by atoms with Crippen LogP contribution in [-0.4, -0.2) is 29.9 Å². The highest BCUT2D eigenvalue weighted by Crippen LogP contribution is 2.32. The second kappa shape index (κ2) is 7.28.